The molecule has 204 valence electrons. The second-order valence-corrected chi connectivity index (χ2v) is 12.8. The number of fused-ring (bicyclic) bond motifs is 9. The third-order valence-electron chi connectivity index (χ3n) is 10.6. The Morgan fingerprint density at radius 3 is 1.62 bits per heavy atom. The molecular weight excluding hydrogens is 539 g/mol. The van der Waals surface area contributed by atoms with E-state index in [0.717, 1.165) is 0 Å². The lowest BCUT2D eigenvalue weighted by Gasteiger charge is -2.18. The SMILES string of the molecule is c1ccc2cc3c(B4c5cc6ccc7cccc8ccc(c5-c5ccc9cc%10ccccc%10cc9c54)c6c78)cccc3cc2c1. The van der Waals surface area contributed by atoms with E-state index < -0.39 is 0 Å². The summed E-state index contributed by atoms with van der Waals surface area (Å²) in [5, 5.41) is 18.5. The molecule has 45 heavy (non-hydrogen) atoms. The third-order valence-corrected chi connectivity index (χ3v) is 10.6. The van der Waals surface area contributed by atoms with E-state index >= 15 is 0 Å². The lowest BCUT2D eigenvalue weighted by atomic mass is 9.37. The van der Waals surface area contributed by atoms with Crippen molar-refractivity contribution in [3.63, 3.8) is 0 Å². The molecule has 0 saturated carbocycles. The van der Waals surface area contributed by atoms with E-state index in [-0.39, 0.29) is 6.71 Å². The fraction of sp³-hybridized carbons (Fsp3) is 0. The van der Waals surface area contributed by atoms with Gasteiger partial charge in [-0.05, 0) is 111 Å². The Morgan fingerprint density at radius 1 is 0.311 bits per heavy atom. The average molecular weight is 564 g/mol. The molecule has 0 aliphatic carbocycles. The Hall–Kier alpha value is -5.66. The first-order valence-electron chi connectivity index (χ1n) is 15.9. The van der Waals surface area contributed by atoms with Crippen LogP contribution in [0.5, 0.6) is 0 Å². The van der Waals surface area contributed by atoms with E-state index in [1.54, 1.807) is 0 Å². The molecule has 0 N–H and O–H groups in total. The molecule has 0 bridgehead atoms. The molecule has 0 fully saturated rings. The molecule has 0 aromatic heterocycles. The summed E-state index contributed by atoms with van der Waals surface area (Å²) in [6, 6.07) is 57.4. The Balaban J connectivity index is 1.33. The average Bonchev–Trinajstić information content (AvgIpc) is 3.42. The van der Waals surface area contributed by atoms with Crippen molar-refractivity contribution in [1.29, 1.82) is 0 Å². The van der Waals surface area contributed by atoms with Crippen molar-refractivity contribution in [2.24, 2.45) is 0 Å². The zero-order valence-electron chi connectivity index (χ0n) is 24.5. The van der Waals surface area contributed by atoms with Gasteiger partial charge in [0.1, 0.15) is 0 Å². The van der Waals surface area contributed by atoms with Crippen molar-refractivity contribution in [1.82, 2.24) is 0 Å². The first kappa shape index (κ1) is 23.8. The van der Waals surface area contributed by atoms with Crippen LogP contribution in [0.3, 0.4) is 0 Å². The van der Waals surface area contributed by atoms with Crippen molar-refractivity contribution < 1.29 is 0 Å². The fourth-order valence-electron chi connectivity index (χ4n) is 8.65. The van der Waals surface area contributed by atoms with Gasteiger partial charge in [-0.3, -0.25) is 0 Å². The molecule has 1 heterocycles. The summed E-state index contributed by atoms with van der Waals surface area (Å²) >= 11 is 0. The van der Waals surface area contributed by atoms with E-state index in [9.17, 15) is 0 Å². The molecule has 0 atom stereocenters. The predicted molar refractivity (Wildman–Crippen MR) is 197 cm³/mol. The second-order valence-electron chi connectivity index (χ2n) is 12.8. The van der Waals surface area contributed by atoms with E-state index in [1.165, 1.54) is 103 Å². The lowest BCUT2D eigenvalue weighted by molar-refractivity contribution is 1.77. The van der Waals surface area contributed by atoms with Crippen molar-refractivity contribution in [3.05, 3.63) is 152 Å². The molecule has 1 aliphatic rings. The van der Waals surface area contributed by atoms with E-state index in [4.69, 9.17) is 0 Å². The smallest absolute Gasteiger partial charge is 0.0663 e. The predicted octanol–water partition coefficient (Wildman–Crippen LogP) is 9.69. The van der Waals surface area contributed by atoms with Crippen LogP contribution in [0, 0.1) is 0 Å². The van der Waals surface area contributed by atoms with Gasteiger partial charge in [0.25, 0.3) is 0 Å². The molecule has 11 rings (SSSR count). The van der Waals surface area contributed by atoms with Crippen LogP contribution in [0.25, 0.3) is 86.5 Å². The van der Waals surface area contributed by atoms with Crippen LogP contribution in [0.2, 0.25) is 0 Å². The van der Waals surface area contributed by atoms with Gasteiger partial charge in [-0.1, -0.05) is 144 Å². The number of hydrogen-bond donors (Lipinski definition) is 0. The summed E-state index contributed by atoms with van der Waals surface area (Å²) in [6.07, 6.45) is 0. The molecule has 0 unspecified atom stereocenters. The van der Waals surface area contributed by atoms with E-state index in [0.29, 0.717) is 0 Å². The molecular formula is C44H25B. The summed E-state index contributed by atoms with van der Waals surface area (Å²) in [5.74, 6) is 0. The first-order chi connectivity index (χ1) is 22.3. The first-order valence-corrected chi connectivity index (χ1v) is 15.9. The van der Waals surface area contributed by atoms with Gasteiger partial charge in [-0.2, -0.15) is 0 Å². The molecule has 0 spiro atoms. The van der Waals surface area contributed by atoms with Crippen LogP contribution in [0.4, 0.5) is 0 Å². The highest BCUT2D eigenvalue weighted by Crippen LogP contribution is 2.41. The molecule has 1 heteroatoms. The van der Waals surface area contributed by atoms with Crippen LogP contribution in [-0.4, -0.2) is 6.71 Å². The Labute approximate surface area is 260 Å². The van der Waals surface area contributed by atoms with Crippen LogP contribution in [-0.2, 0) is 0 Å². The minimum atomic E-state index is 0.117. The summed E-state index contributed by atoms with van der Waals surface area (Å²) in [6.45, 7) is 0.117. The van der Waals surface area contributed by atoms with E-state index in [2.05, 4.69) is 152 Å². The van der Waals surface area contributed by atoms with Gasteiger partial charge in [0.15, 0.2) is 0 Å². The fourth-order valence-corrected chi connectivity index (χ4v) is 8.65. The minimum Gasteiger partial charge on any atom is -0.0663 e. The van der Waals surface area contributed by atoms with Crippen molar-refractivity contribution >= 4 is 98.5 Å². The van der Waals surface area contributed by atoms with Gasteiger partial charge < -0.3 is 0 Å². The third kappa shape index (κ3) is 3.12. The van der Waals surface area contributed by atoms with Crippen molar-refractivity contribution in [3.8, 4) is 11.1 Å². The molecule has 1 aliphatic heterocycles. The molecule has 0 nitrogen and oxygen atoms in total. The Morgan fingerprint density at radius 2 is 0.867 bits per heavy atom. The van der Waals surface area contributed by atoms with Gasteiger partial charge >= 0.3 is 0 Å². The summed E-state index contributed by atoms with van der Waals surface area (Å²) < 4.78 is 0. The molecule has 0 amide bonds. The van der Waals surface area contributed by atoms with Gasteiger partial charge in [0.2, 0.25) is 6.71 Å². The number of hydrogen-bond acceptors (Lipinski definition) is 0. The molecule has 0 saturated heterocycles. The van der Waals surface area contributed by atoms with Crippen LogP contribution >= 0.6 is 0 Å². The van der Waals surface area contributed by atoms with E-state index in [1.807, 2.05) is 0 Å². The van der Waals surface area contributed by atoms with Gasteiger partial charge in [-0.15, -0.1) is 0 Å². The Kier molecular flexibility index (Phi) is 4.48. The van der Waals surface area contributed by atoms with Crippen LogP contribution in [0.1, 0.15) is 0 Å². The highest BCUT2D eigenvalue weighted by atomic mass is 14.3. The molecule has 10 aromatic rings. The van der Waals surface area contributed by atoms with Crippen LogP contribution < -0.4 is 16.4 Å². The molecule has 10 aromatic carbocycles. The van der Waals surface area contributed by atoms with Gasteiger partial charge in [-0.25, -0.2) is 0 Å². The zero-order chi connectivity index (χ0) is 29.2. The van der Waals surface area contributed by atoms with Crippen molar-refractivity contribution in [2.75, 3.05) is 0 Å². The highest BCUT2D eigenvalue weighted by molar-refractivity contribution is 7.02. The summed E-state index contributed by atoms with van der Waals surface area (Å²) in [5.41, 5.74) is 7.00. The maximum absolute atomic E-state index is 2.51. The lowest BCUT2D eigenvalue weighted by Crippen LogP contribution is -2.49. The van der Waals surface area contributed by atoms with Crippen LogP contribution in [0.15, 0.2) is 152 Å². The highest BCUT2D eigenvalue weighted by Gasteiger charge is 2.37. The number of benzene rings is 10. The maximum atomic E-state index is 2.51. The number of rotatable bonds is 1. The second kappa shape index (κ2) is 8.49. The quantitative estimate of drug-likeness (QED) is 0.106. The summed E-state index contributed by atoms with van der Waals surface area (Å²) in [4.78, 5) is 0. The van der Waals surface area contributed by atoms with Crippen molar-refractivity contribution in [2.45, 2.75) is 0 Å². The molecule has 0 radical (unpaired) electrons. The Bertz CT molecular complexity index is 2860. The minimum absolute atomic E-state index is 0.117. The normalized spacial score (nSPS) is 12.8. The van der Waals surface area contributed by atoms with Gasteiger partial charge in [0.05, 0.1) is 0 Å². The summed E-state index contributed by atoms with van der Waals surface area (Å²) in [7, 11) is 0. The standard InChI is InChI=1S/C44H25B/c1-3-9-30-23-37-32(21-28(30)7-1)13-6-14-39(37)45-40-25-34-16-15-26-11-5-12-27-17-19-35(42(34)41(26)27)43(40)36-20-18-33-22-29-8-2-4-10-31(29)24-38(33)44(36)45/h1-25H. The largest absolute Gasteiger partial charge is 0.244 e. The zero-order valence-corrected chi connectivity index (χ0v) is 24.5. The maximum Gasteiger partial charge on any atom is 0.244 e. The van der Waals surface area contributed by atoms with Gasteiger partial charge in [0, 0.05) is 0 Å². The topological polar surface area (TPSA) is 0 Å². The monoisotopic (exact) mass is 564 g/mol.